The Morgan fingerprint density at radius 1 is 1.53 bits per heavy atom. The largest absolute Gasteiger partial charge is 0.480 e. The van der Waals surface area contributed by atoms with Gasteiger partial charge in [0.1, 0.15) is 18.2 Å². The lowest BCUT2D eigenvalue weighted by Gasteiger charge is -2.06. The van der Waals surface area contributed by atoms with Crippen molar-refractivity contribution in [3.8, 4) is 0 Å². The number of carboxylic acid groups (broad SMARTS) is 1. The molecule has 9 heteroatoms. The number of aliphatic hydroxyl groups is 3. The average Bonchev–Trinajstić information content (AvgIpc) is 2.90. The summed E-state index contributed by atoms with van der Waals surface area (Å²) in [6, 6.07) is -0.863. The maximum Gasteiger partial charge on any atom is 0.320 e. The van der Waals surface area contributed by atoms with Crippen LogP contribution in [0.15, 0.2) is 12.5 Å². The van der Waals surface area contributed by atoms with Crippen molar-refractivity contribution < 1.29 is 30.0 Å². The van der Waals surface area contributed by atoms with Crippen LogP contribution in [0.2, 0.25) is 0 Å². The molecule has 0 bridgehead atoms. The lowest BCUT2D eigenvalue weighted by molar-refractivity contribution is -0.138. The molecule has 108 valence electrons. The van der Waals surface area contributed by atoms with Gasteiger partial charge in [-0.25, -0.2) is 4.98 Å². The zero-order valence-electron chi connectivity index (χ0n) is 10.0. The zero-order chi connectivity index (χ0) is 14.8. The first kappa shape index (κ1) is 17.2. The number of rotatable bonds is 6. The Morgan fingerprint density at radius 3 is 2.47 bits per heavy atom. The summed E-state index contributed by atoms with van der Waals surface area (Å²) in [5, 5.41) is 33.2. The van der Waals surface area contributed by atoms with Crippen molar-refractivity contribution in [2.75, 3.05) is 6.61 Å². The summed E-state index contributed by atoms with van der Waals surface area (Å²) in [4.78, 5) is 26.4. The fourth-order valence-electron chi connectivity index (χ4n) is 0.914. The van der Waals surface area contributed by atoms with E-state index >= 15 is 0 Å². The number of aliphatic hydroxyl groups excluding tert-OH is 3. The van der Waals surface area contributed by atoms with E-state index in [0.717, 1.165) is 0 Å². The van der Waals surface area contributed by atoms with Crippen LogP contribution in [0.25, 0.3) is 0 Å². The number of nitrogens with two attached hydrogens (primary N) is 1. The van der Waals surface area contributed by atoms with Gasteiger partial charge in [0.2, 0.25) is 0 Å². The summed E-state index contributed by atoms with van der Waals surface area (Å²) < 4.78 is 0. The Hall–Kier alpha value is -1.81. The summed E-state index contributed by atoms with van der Waals surface area (Å²) >= 11 is 0. The van der Waals surface area contributed by atoms with Gasteiger partial charge < -0.3 is 35.9 Å². The maximum absolute atomic E-state index is 10.3. The van der Waals surface area contributed by atoms with E-state index in [1.165, 1.54) is 6.33 Å². The van der Waals surface area contributed by atoms with Gasteiger partial charge in [0.15, 0.2) is 6.29 Å². The minimum Gasteiger partial charge on any atom is -0.480 e. The summed E-state index contributed by atoms with van der Waals surface area (Å²) in [6.07, 6.45) is 0.749. The fraction of sp³-hybridized carbons (Fsp3) is 0.500. The van der Waals surface area contributed by atoms with Crippen molar-refractivity contribution in [3.63, 3.8) is 0 Å². The molecular formula is C10H17N3O6. The third-order valence-electron chi connectivity index (χ3n) is 2.02. The van der Waals surface area contributed by atoms with Crippen molar-refractivity contribution >= 4 is 12.3 Å². The summed E-state index contributed by atoms with van der Waals surface area (Å²) in [5.41, 5.74) is 5.92. The second-order valence-electron chi connectivity index (χ2n) is 3.59. The summed E-state index contributed by atoms with van der Waals surface area (Å²) in [5.74, 6) is -1.01. The highest BCUT2D eigenvalue weighted by Crippen LogP contribution is 1.95. The number of aldehydes is 1. The highest BCUT2D eigenvalue weighted by Gasteiger charge is 2.12. The van der Waals surface area contributed by atoms with E-state index in [-0.39, 0.29) is 12.7 Å². The van der Waals surface area contributed by atoms with E-state index in [1.807, 2.05) is 0 Å². The molecule has 0 saturated carbocycles. The van der Waals surface area contributed by atoms with Crippen LogP contribution in [0.5, 0.6) is 0 Å². The monoisotopic (exact) mass is 275 g/mol. The van der Waals surface area contributed by atoms with Gasteiger partial charge in [0.25, 0.3) is 0 Å². The van der Waals surface area contributed by atoms with Gasteiger partial charge in [-0.2, -0.15) is 0 Å². The number of carbonyl (C=O) groups excluding carboxylic acids is 1. The third kappa shape index (κ3) is 7.26. The molecule has 1 heterocycles. The molecule has 0 aliphatic rings. The highest BCUT2D eigenvalue weighted by atomic mass is 16.4. The summed E-state index contributed by atoms with van der Waals surface area (Å²) in [7, 11) is 0. The SMILES string of the molecule is NC(Cc1c[nH]cn1)C(=O)O.O=C[C@H](O)[C@H](O)CO. The van der Waals surface area contributed by atoms with Gasteiger partial charge in [-0.3, -0.25) is 4.79 Å². The van der Waals surface area contributed by atoms with E-state index in [2.05, 4.69) is 9.97 Å². The number of aliphatic carboxylic acids is 1. The molecule has 0 fully saturated rings. The van der Waals surface area contributed by atoms with Crippen molar-refractivity contribution in [2.24, 2.45) is 5.73 Å². The Bertz CT molecular complexity index is 369. The van der Waals surface area contributed by atoms with Crippen LogP contribution in [0.4, 0.5) is 0 Å². The van der Waals surface area contributed by atoms with Crippen LogP contribution in [0, 0.1) is 0 Å². The second-order valence-corrected chi connectivity index (χ2v) is 3.59. The van der Waals surface area contributed by atoms with Gasteiger partial charge in [-0.1, -0.05) is 0 Å². The number of hydrogen-bond acceptors (Lipinski definition) is 7. The topological polar surface area (TPSA) is 170 Å². The number of hydrogen-bond donors (Lipinski definition) is 6. The standard InChI is InChI=1S/C6H9N3O2.C4H8O4/c7-5(6(10)11)1-4-2-8-3-9-4;5-1-3(7)4(8)2-6/h2-3,5H,1,7H2,(H,8,9)(H,10,11);1,3-4,6-8H,2H2/t;3-,4+/m.0/s1. The molecule has 3 atom stereocenters. The molecule has 9 nitrogen and oxygen atoms in total. The second kappa shape index (κ2) is 9.16. The van der Waals surface area contributed by atoms with Gasteiger partial charge in [-0.15, -0.1) is 0 Å². The first-order valence-corrected chi connectivity index (χ1v) is 5.30. The van der Waals surface area contributed by atoms with E-state index in [0.29, 0.717) is 5.69 Å². The molecular weight excluding hydrogens is 258 g/mol. The van der Waals surface area contributed by atoms with Crippen molar-refractivity contribution in [2.45, 2.75) is 24.7 Å². The Labute approximate surface area is 108 Å². The maximum atomic E-state index is 10.3. The number of imidazole rings is 1. The molecule has 1 aromatic heterocycles. The molecule has 0 aliphatic heterocycles. The van der Waals surface area contributed by atoms with E-state index in [1.54, 1.807) is 6.20 Å². The molecule has 0 saturated heterocycles. The Kier molecular flexibility index (Phi) is 8.29. The molecule has 0 aliphatic carbocycles. The zero-order valence-corrected chi connectivity index (χ0v) is 10.0. The molecule has 0 spiro atoms. The van der Waals surface area contributed by atoms with Crippen LogP contribution < -0.4 is 5.73 Å². The number of carbonyl (C=O) groups is 2. The lowest BCUT2D eigenvalue weighted by Crippen LogP contribution is -2.32. The van der Waals surface area contributed by atoms with Crippen LogP contribution in [0.1, 0.15) is 5.69 Å². The first-order valence-electron chi connectivity index (χ1n) is 5.30. The fourth-order valence-corrected chi connectivity index (χ4v) is 0.914. The Morgan fingerprint density at radius 2 is 2.16 bits per heavy atom. The molecule has 7 N–H and O–H groups in total. The van der Waals surface area contributed by atoms with Crippen LogP contribution in [-0.4, -0.2) is 67.5 Å². The van der Waals surface area contributed by atoms with Crippen molar-refractivity contribution in [3.05, 3.63) is 18.2 Å². The predicted molar refractivity (Wildman–Crippen MR) is 63.1 cm³/mol. The number of nitrogens with one attached hydrogen (secondary N) is 1. The molecule has 1 aromatic rings. The van der Waals surface area contributed by atoms with Gasteiger partial charge in [0, 0.05) is 12.6 Å². The van der Waals surface area contributed by atoms with E-state index in [9.17, 15) is 9.59 Å². The van der Waals surface area contributed by atoms with Gasteiger partial charge in [0.05, 0.1) is 18.6 Å². The molecule has 0 aromatic carbocycles. The van der Waals surface area contributed by atoms with Gasteiger partial charge in [-0.05, 0) is 0 Å². The number of carboxylic acids is 1. The van der Waals surface area contributed by atoms with E-state index < -0.39 is 30.8 Å². The number of aromatic nitrogens is 2. The molecule has 0 amide bonds. The Balaban J connectivity index is 0.000000362. The number of nitrogens with zero attached hydrogens (tertiary/aromatic N) is 1. The number of aromatic amines is 1. The molecule has 19 heavy (non-hydrogen) atoms. The smallest absolute Gasteiger partial charge is 0.320 e. The normalized spacial score (nSPS) is 14.7. The van der Waals surface area contributed by atoms with Crippen LogP contribution >= 0.6 is 0 Å². The lowest BCUT2D eigenvalue weighted by atomic mass is 10.2. The number of H-pyrrole nitrogens is 1. The van der Waals surface area contributed by atoms with Crippen molar-refractivity contribution in [1.82, 2.24) is 9.97 Å². The average molecular weight is 275 g/mol. The third-order valence-corrected chi connectivity index (χ3v) is 2.02. The van der Waals surface area contributed by atoms with Crippen LogP contribution in [-0.2, 0) is 16.0 Å². The van der Waals surface area contributed by atoms with Crippen LogP contribution in [0.3, 0.4) is 0 Å². The highest BCUT2D eigenvalue weighted by molar-refractivity contribution is 5.73. The quantitative estimate of drug-likeness (QED) is 0.304. The molecule has 1 unspecified atom stereocenters. The molecule has 1 rings (SSSR count). The van der Waals surface area contributed by atoms with E-state index in [4.69, 9.17) is 26.2 Å². The minimum atomic E-state index is -1.46. The van der Waals surface area contributed by atoms with Gasteiger partial charge >= 0.3 is 5.97 Å². The first-order chi connectivity index (χ1) is 8.92. The minimum absolute atomic E-state index is 0.168. The van der Waals surface area contributed by atoms with Crippen molar-refractivity contribution in [1.29, 1.82) is 0 Å². The predicted octanol–water partition coefficient (Wildman–Crippen LogP) is -2.74. The molecule has 0 radical (unpaired) electrons. The summed E-state index contributed by atoms with van der Waals surface area (Å²) in [6.45, 7) is -0.597.